The van der Waals surface area contributed by atoms with Gasteiger partial charge in [-0.2, -0.15) is 5.10 Å². The number of nitrogens with zero attached hydrogens (tertiary/aromatic N) is 4. The van der Waals surface area contributed by atoms with Crippen molar-refractivity contribution >= 4 is 56.0 Å². The number of thioether (sulfide) groups is 1. The number of carbonyl (C=O) groups excluding carboxylic acids is 1. The summed E-state index contributed by atoms with van der Waals surface area (Å²) in [5.41, 5.74) is 3.95. The highest BCUT2D eigenvalue weighted by molar-refractivity contribution is 8.00. The molecule has 4 aromatic rings. The van der Waals surface area contributed by atoms with E-state index in [2.05, 4.69) is 5.10 Å². The quantitative estimate of drug-likeness (QED) is 0.316. The number of hydrogen-bond donors (Lipinski definition) is 0. The van der Waals surface area contributed by atoms with Gasteiger partial charge in [-0.1, -0.05) is 41.1 Å². The zero-order valence-electron chi connectivity index (χ0n) is 17.6. The van der Waals surface area contributed by atoms with E-state index in [4.69, 9.17) is 16.6 Å². The fraction of sp³-hybridized carbons (Fsp3) is 0.261. The third kappa shape index (κ3) is 5.11. The minimum Gasteiger partial charge on any atom is -0.285 e. The number of aromatic nitrogens is 3. The first kappa shape index (κ1) is 21.9. The molecule has 2 heterocycles. The fourth-order valence-corrected chi connectivity index (χ4v) is 5.68. The Labute approximate surface area is 195 Å². The topological polar surface area (TPSA) is 51.0 Å². The van der Waals surface area contributed by atoms with Crippen molar-refractivity contribution in [2.75, 3.05) is 17.2 Å². The van der Waals surface area contributed by atoms with Gasteiger partial charge >= 0.3 is 0 Å². The summed E-state index contributed by atoms with van der Waals surface area (Å²) in [4.78, 5) is 20.9. The predicted octanol–water partition coefficient (Wildman–Crippen LogP) is 5.90. The molecule has 0 aliphatic rings. The zero-order chi connectivity index (χ0) is 22.0. The summed E-state index contributed by atoms with van der Waals surface area (Å²) in [5, 5.41) is 5.91. The van der Waals surface area contributed by atoms with Gasteiger partial charge in [0.1, 0.15) is 0 Å². The fourth-order valence-electron chi connectivity index (χ4n) is 3.42. The van der Waals surface area contributed by atoms with E-state index < -0.39 is 0 Å². The Morgan fingerprint density at radius 3 is 2.65 bits per heavy atom. The second kappa shape index (κ2) is 9.42. The van der Waals surface area contributed by atoms with Gasteiger partial charge in [0, 0.05) is 22.2 Å². The van der Waals surface area contributed by atoms with Crippen molar-refractivity contribution in [1.82, 2.24) is 14.8 Å². The highest BCUT2D eigenvalue weighted by Crippen LogP contribution is 2.33. The van der Waals surface area contributed by atoms with Crippen LogP contribution in [0.4, 0.5) is 5.13 Å². The van der Waals surface area contributed by atoms with E-state index in [1.54, 1.807) is 4.90 Å². The van der Waals surface area contributed by atoms with Crippen LogP contribution in [-0.2, 0) is 11.3 Å². The first-order valence-electron chi connectivity index (χ1n) is 9.96. The number of amides is 1. The summed E-state index contributed by atoms with van der Waals surface area (Å²) in [6.07, 6.45) is 0. The molecule has 31 heavy (non-hydrogen) atoms. The first-order chi connectivity index (χ1) is 14.9. The lowest BCUT2D eigenvalue weighted by molar-refractivity contribution is -0.116. The van der Waals surface area contributed by atoms with E-state index in [-0.39, 0.29) is 5.91 Å². The van der Waals surface area contributed by atoms with E-state index in [0.29, 0.717) is 29.0 Å². The average molecular weight is 471 g/mol. The van der Waals surface area contributed by atoms with Crippen LogP contribution in [0, 0.1) is 20.8 Å². The molecule has 0 aliphatic carbocycles. The summed E-state index contributed by atoms with van der Waals surface area (Å²) in [7, 11) is 0. The molecule has 5 nitrogen and oxygen atoms in total. The minimum absolute atomic E-state index is 0.0261. The van der Waals surface area contributed by atoms with Crippen molar-refractivity contribution in [3.63, 3.8) is 0 Å². The molecular weight excluding hydrogens is 448 g/mol. The summed E-state index contributed by atoms with van der Waals surface area (Å²) in [6.45, 7) is 7.11. The number of anilines is 1. The molecule has 2 aromatic carbocycles. The highest BCUT2D eigenvalue weighted by Gasteiger charge is 2.21. The van der Waals surface area contributed by atoms with Gasteiger partial charge in [-0.25, -0.2) is 4.98 Å². The zero-order valence-corrected chi connectivity index (χ0v) is 20.0. The van der Waals surface area contributed by atoms with Crippen LogP contribution in [0.5, 0.6) is 0 Å². The molecule has 0 fully saturated rings. The second-order valence-electron chi connectivity index (χ2n) is 7.36. The van der Waals surface area contributed by atoms with Crippen molar-refractivity contribution < 1.29 is 4.79 Å². The summed E-state index contributed by atoms with van der Waals surface area (Å²) in [5.74, 6) is 0.370. The number of aryl methyl sites for hydroxylation is 3. The number of rotatable bonds is 7. The Morgan fingerprint density at radius 1 is 1.16 bits per heavy atom. The van der Waals surface area contributed by atoms with Gasteiger partial charge < -0.3 is 0 Å². The van der Waals surface area contributed by atoms with Crippen LogP contribution in [0.3, 0.4) is 0 Å². The molecule has 160 valence electrons. The number of hydrogen-bond acceptors (Lipinski definition) is 5. The molecule has 8 heteroatoms. The van der Waals surface area contributed by atoms with Crippen LogP contribution >= 0.6 is 34.7 Å². The number of carbonyl (C=O) groups is 1. The van der Waals surface area contributed by atoms with Crippen molar-refractivity contribution in [2.45, 2.75) is 32.2 Å². The van der Waals surface area contributed by atoms with Crippen LogP contribution in [0.15, 0.2) is 53.4 Å². The van der Waals surface area contributed by atoms with E-state index in [1.165, 1.54) is 23.1 Å². The SMILES string of the molecule is Cc1cc(C)n(CCN(C(=O)CSc2ccccc2)c2nc3c(C)cc(Cl)cc3s2)n1. The summed E-state index contributed by atoms with van der Waals surface area (Å²) >= 11 is 9.27. The van der Waals surface area contributed by atoms with Gasteiger partial charge in [0.05, 0.1) is 28.2 Å². The first-order valence-corrected chi connectivity index (χ1v) is 12.1. The largest absolute Gasteiger partial charge is 0.285 e. The van der Waals surface area contributed by atoms with Gasteiger partial charge in [0.15, 0.2) is 5.13 Å². The molecule has 0 atom stereocenters. The molecule has 0 saturated heterocycles. The molecule has 0 aliphatic heterocycles. The molecule has 0 spiro atoms. The molecule has 0 bridgehead atoms. The van der Waals surface area contributed by atoms with E-state index in [0.717, 1.165) is 32.1 Å². The van der Waals surface area contributed by atoms with Gasteiger partial charge in [-0.3, -0.25) is 14.4 Å². The third-order valence-electron chi connectivity index (χ3n) is 4.92. The van der Waals surface area contributed by atoms with E-state index in [1.807, 2.05) is 74.0 Å². The number of fused-ring (bicyclic) bond motifs is 1. The molecule has 0 unspecified atom stereocenters. The minimum atomic E-state index is 0.0261. The lowest BCUT2D eigenvalue weighted by Crippen LogP contribution is -2.35. The molecule has 2 aromatic heterocycles. The highest BCUT2D eigenvalue weighted by atomic mass is 35.5. The van der Waals surface area contributed by atoms with Gasteiger partial charge in [0.25, 0.3) is 0 Å². The molecule has 4 rings (SSSR count). The molecule has 0 saturated carbocycles. The normalized spacial score (nSPS) is 11.2. The van der Waals surface area contributed by atoms with Gasteiger partial charge in [-0.05, 0) is 56.7 Å². The maximum atomic E-state index is 13.3. The lowest BCUT2D eigenvalue weighted by atomic mass is 10.2. The number of halogens is 1. The second-order valence-corrected chi connectivity index (χ2v) is 9.86. The van der Waals surface area contributed by atoms with Gasteiger partial charge in [-0.15, -0.1) is 11.8 Å². The molecule has 0 N–H and O–H groups in total. The average Bonchev–Trinajstić information content (AvgIpc) is 3.30. The van der Waals surface area contributed by atoms with Crippen LogP contribution in [-0.4, -0.2) is 33.0 Å². The Bertz CT molecular complexity index is 1220. The number of benzene rings is 2. The monoisotopic (exact) mass is 470 g/mol. The lowest BCUT2D eigenvalue weighted by Gasteiger charge is -2.20. The van der Waals surface area contributed by atoms with Crippen molar-refractivity contribution in [2.24, 2.45) is 0 Å². The molecule has 0 radical (unpaired) electrons. The van der Waals surface area contributed by atoms with Crippen LogP contribution in [0.1, 0.15) is 17.0 Å². The Hall–Kier alpha value is -2.35. The van der Waals surface area contributed by atoms with Crippen molar-refractivity contribution in [1.29, 1.82) is 0 Å². The van der Waals surface area contributed by atoms with Crippen LogP contribution < -0.4 is 4.90 Å². The van der Waals surface area contributed by atoms with Crippen LogP contribution in [0.25, 0.3) is 10.2 Å². The van der Waals surface area contributed by atoms with Crippen LogP contribution in [0.2, 0.25) is 5.02 Å². The third-order valence-corrected chi connectivity index (χ3v) is 7.16. The maximum Gasteiger partial charge on any atom is 0.239 e. The van der Waals surface area contributed by atoms with Crippen molar-refractivity contribution in [3.05, 3.63) is 70.5 Å². The Balaban J connectivity index is 1.60. The van der Waals surface area contributed by atoms with Crippen molar-refractivity contribution in [3.8, 4) is 0 Å². The molecule has 1 amide bonds. The summed E-state index contributed by atoms with van der Waals surface area (Å²) in [6, 6.07) is 15.8. The Kier molecular flexibility index (Phi) is 6.65. The number of thiazole rings is 1. The smallest absolute Gasteiger partial charge is 0.239 e. The van der Waals surface area contributed by atoms with Gasteiger partial charge in [0.2, 0.25) is 5.91 Å². The van der Waals surface area contributed by atoms with E-state index in [9.17, 15) is 4.79 Å². The summed E-state index contributed by atoms with van der Waals surface area (Å²) < 4.78 is 2.93. The Morgan fingerprint density at radius 2 is 1.94 bits per heavy atom. The maximum absolute atomic E-state index is 13.3. The predicted molar refractivity (Wildman–Crippen MR) is 131 cm³/mol. The standard InChI is InChI=1S/C23H23ClN4OS2/c1-15-11-18(24)13-20-22(15)25-23(31-20)27(9-10-28-17(3)12-16(2)26-28)21(29)14-30-19-7-5-4-6-8-19/h4-8,11-13H,9-10,14H2,1-3H3. The molecular formula is C23H23ClN4OS2. The van der Waals surface area contributed by atoms with E-state index >= 15 is 0 Å².